The Labute approximate surface area is 151 Å². The van der Waals surface area contributed by atoms with Crippen molar-refractivity contribution in [3.63, 3.8) is 0 Å². The minimum atomic E-state index is 0.0152. The first-order valence-electron chi connectivity index (χ1n) is 10.3. The first kappa shape index (κ1) is 15.9. The van der Waals surface area contributed by atoms with Gasteiger partial charge in [-0.3, -0.25) is 4.79 Å². The second-order valence-corrected chi connectivity index (χ2v) is 9.20. The summed E-state index contributed by atoms with van der Waals surface area (Å²) < 4.78 is 0. The second kappa shape index (κ2) is 6.12. The molecular weight excluding hydrogens is 308 g/mol. The number of carbonyl (C=O) groups is 1. The number of nitrogens with one attached hydrogen (secondary N) is 1. The average molecular weight is 338 g/mol. The van der Waals surface area contributed by atoms with E-state index in [9.17, 15) is 4.79 Å². The molecule has 3 heteroatoms. The van der Waals surface area contributed by atoms with Gasteiger partial charge in [-0.15, -0.1) is 0 Å². The van der Waals surface area contributed by atoms with Gasteiger partial charge in [0, 0.05) is 25.7 Å². The first-order valence-corrected chi connectivity index (χ1v) is 10.3. The Kier molecular flexibility index (Phi) is 3.89. The Bertz CT molecular complexity index is 605. The smallest absolute Gasteiger partial charge is 0.228 e. The van der Waals surface area contributed by atoms with Gasteiger partial charge in [0.25, 0.3) is 0 Å². The van der Waals surface area contributed by atoms with E-state index in [1.54, 1.807) is 0 Å². The molecule has 1 aromatic rings. The van der Waals surface area contributed by atoms with Crippen molar-refractivity contribution in [1.82, 2.24) is 10.2 Å². The van der Waals surface area contributed by atoms with E-state index in [1.807, 2.05) is 0 Å². The van der Waals surface area contributed by atoms with Crippen molar-refractivity contribution in [2.24, 2.45) is 23.2 Å². The number of amides is 1. The molecule has 1 unspecified atom stereocenters. The van der Waals surface area contributed by atoms with Gasteiger partial charge >= 0.3 is 0 Å². The fourth-order valence-corrected chi connectivity index (χ4v) is 6.75. The van der Waals surface area contributed by atoms with Crippen molar-refractivity contribution >= 4 is 5.91 Å². The fraction of sp³-hybridized carbons (Fsp3) is 0.682. The van der Waals surface area contributed by atoms with Crippen molar-refractivity contribution in [1.29, 1.82) is 0 Å². The molecule has 1 aromatic carbocycles. The van der Waals surface area contributed by atoms with Gasteiger partial charge in [-0.25, -0.2) is 0 Å². The predicted molar refractivity (Wildman–Crippen MR) is 99.0 cm³/mol. The van der Waals surface area contributed by atoms with Crippen LogP contribution >= 0.6 is 0 Å². The standard InChI is InChI=1S/C22H30N2O/c25-21(22-13-16-10-17(14-22)12-18(11-16)15-22)24-8-6-20(23-7-9-24)19-4-2-1-3-5-19/h1-5,16-18,20,23H,6-15H2. The van der Waals surface area contributed by atoms with Gasteiger partial charge < -0.3 is 10.2 Å². The molecule has 5 aliphatic rings. The van der Waals surface area contributed by atoms with Crippen LogP contribution in [0.5, 0.6) is 0 Å². The molecule has 1 amide bonds. The maximum Gasteiger partial charge on any atom is 0.228 e. The third-order valence-electron chi connectivity index (χ3n) is 7.44. The summed E-state index contributed by atoms with van der Waals surface area (Å²) in [6, 6.07) is 11.1. The van der Waals surface area contributed by atoms with Crippen molar-refractivity contribution < 1.29 is 4.79 Å². The fourth-order valence-electron chi connectivity index (χ4n) is 6.75. The summed E-state index contributed by atoms with van der Waals surface area (Å²) in [5.74, 6) is 3.04. The maximum atomic E-state index is 13.5. The lowest BCUT2D eigenvalue weighted by molar-refractivity contribution is -0.157. The summed E-state index contributed by atoms with van der Waals surface area (Å²) in [5, 5.41) is 3.66. The molecule has 4 bridgehead atoms. The zero-order chi connectivity index (χ0) is 16.9. The summed E-state index contributed by atoms with van der Waals surface area (Å²) in [5.41, 5.74) is 1.37. The zero-order valence-electron chi connectivity index (χ0n) is 15.1. The van der Waals surface area contributed by atoms with Crippen LogP contribution in [-0.4, -0.2) is 30.4 Å². The minimum absolute atomic E-state index is 0.0152. The molecule has 1 heterocycles. The highest BCUT2D eigenvalue weighted by Crippen LogP contribution is 2.60. The summed E-state index contributed by atoms with van der Waals surface area (Å²) in [4.78, 5) is 15.8. The lowest BCUT2D eigenvalue weighted by atomic mass is 9.49. The lowest BCUT2D eigenvalue weighted by Gasteiger charge is -2.56. The van der Waals surface area contributed by atoms with E-state index < -0.39 is 0 Å². The molecule has 0 spiro atoms. The molecule has 1 saturated heterocycles. The van der Waals surface area contributed by atoms with Crippen LogP contribution in [0.2, 0.25) is 0 Å². The van der Waals surface area contributed by atoms with Gasteiger partial charge in [0.1, 0.15) is 0 Å². The number of carbonyl (C=O) groups excluding carboxylic acids is 1. The van der Waals surface area contributed by atoms with E-state index in [-0.39, 0.29) is 5.41 Å². The number of rotatable bonds is 2. The van der Waals surface area contributed by atoms with Gasteiger partial charge in [0.05, 0.1) is 5.41 Å². The molecule has 0 radical (unpaired) electrons. The Morgan fingerprint density at radius 1 is 0.960 bits per heavy atom. The van der Waals surface area contributed by atoms with Crippen molar-refractivity contribution in [3.05, 3.63) is 35.9 Å². The molecule has 4 saturated carbocycles. The highest BCUT2D eigenvalue weighted by atomic mass is 16.2. The molecule has 5 fully saturated rings. The van der Waals surface area contributed by atoms with Crippen LogP contribution in [0.4, 0.5) is 0 Å². The van der Waals surface area contributed by atoms with Crippen LogP contribution < -0.4 is 5.32 Å². The monoisotopic (exact) mass is 338 g/mol. The van der Waals surface area contributed by atoms with E-state index in [4.69, 9.17) is 0 Å². The van der Waals surface area contributed by atoms with Gasteiger partial charge in [-0.05, 0) is 68.3 Å². The number of hydrogen-bond acceptors (Lipinski definition) is 2. The largest absolute Gasteiger partial charge is 0.341 e. The van der Waals surface area contributed by atoms with Crippen molar-refractivity contribution in [2.75, 3.05) is 19.6 Å². The Hall–Kier alpha value is -1.35. The van der Waals surface area contributed by atoms with Crippen LogP contribution in [0.1, 0.15) is 56.6 Å². The Balaban J connectivity index is 1.30. The highest BCUT2D eigenvalue weighted by molar-refractivity contribution is 5.83. The Morgan fingerprint density at radius 2 is 1.60 bits per heavy atom. The van der Waals surface area contributed by atoms with E-state index in [1.165, 1.54) is 44.1 Å². The topological polar surface area (TPSA) is 32.3 Å². The SMILES string of the molecule is O=C(N1CCNC(c2ccccc2)CC1)C12CC3CC(CC(C3)C1)C2. The van der Waals surface area contributed by atoms with E-state index in [0.29, 0.717) is 11.9 Å². The normalized spacial score (nSPS) is 40.1. The molecule has 134 valence electrons. The van der Waals surface area contributed by atoms with E-state index in [0.717, 1.165) is 43.8 Å². The molecule has 3 nitrogen and oxygen atoms in total. The summed E-state index contributed by atoms with van der Waals surface area (Å²) in [6.07, 6.45) is 8.80. The van der Waals surface area contributed by atoms with Crippen LogP contribution in [0, 0.1) is 23.2 Å². The van der Waals surface area contributed by atoms with Crippen molar-refractivity contribution in [2.45, 2.75) is 51.0 Å². The van der Waals surface area contributed by atoms with Crippen LogP contribution in [-0.2, 0) is 4.79 Å². The molecule has 0 aromatic heterocycles. The van der Waals surface area contributed by atoms with E-state index in [2.05, 4.69) is 40.5 Å². The summed E-state index contributed by atoms with van der Waals surface area (Å²) in [6.45, 7) is 2.70. The lowest BCUT2D eigenvalue weighted by Crippen LogP contribution is -2.55. The molecule has 1 atom stereocenters. The quantitative estimate of drug-likeness (QED) is 0.890. The predicted octanol–water partition coefficient (Wildman–Crippen LogP) is 3.77. The molecule has 6 rings (SSSR count). The third-order valence-corrected chi connectivity index (χ3v) is 7.44. The average Bonchev–Trinajstić information content (AvgIpc) is 2.87. The van der Waals surface area contributed by atoms with Crippen LogP contribution in [0.15, 0.2) is 30.3 Å². The van der Waals surface area contributed by atoms with Crippen LogP contribution in [0.3, 0.4) is 0 Å². The Morgan fingerprint density at radius 3 is 2.24 bits per heavy atom. The third kappa shape index (κ3) is 2.81. The molecular formula is C22H30N2O. The second-order valence-electron chi connectivity index (χ2n) is 9.20. The number of hydrogen-bond donors (Lipinski definition) is 1. The summed E-state index contributed by atoms with van der Waals surface area (Å²) in [7, 11) is 0. The van der Waals surface area contributed by atoms with Gasteiger partial charge in [-0.2, -0.15) is 0 Å². The van der Waals surface area contributed by atoms with Crippen molar-refractivity contribution in [3.8, 4) is 0 Å². The van der Waals surface area contributed by atoms with Crippen LogP contribution in [0.25, 0.3) is 0 Å². The molecule has 4 aliphatic carbocycles. The molecule has 25 heavy (non-hydrogen) atoms. The van der Waals surface area contributed by atoms with Gasteiger partial charge in [0.15, 0.2) is 0 Å². The van der Waals surface area contributed by atoms with Gasteiger partial charge in [-0.1, -0.05) is 30.3 Å². The van der Waals surface area contributed by atoms with E-state index >= 15 is 0 Å². The van der Waals surface area contributed by atoms with Gasteiger partial charge in [0.2, 0.25) is 5.91 Å². The molecule has 1 N–H and O–H groups in total. The molecule has 1 aliphatic heterocycles. The first-order chi connectivity index (χ1) is 12.2. The minimum Gasteiger partial charge on any atom is -0.341 e. The number of benzene rings is 1. The zero-order valence-corrected chi connectivity index (χ0v) is 15.1. The summed E-state index contributed by atoms with van der Waals surface area (Å²) >= 11 is 0. The maximum absolute atomic E-state index is 13.5. The number of nitrogens with zero attached hydrogens (tertiary/aromatic N) is 1. The highest BCUT2D eigenvalue weighted by Gasteiger charge is 2.55.